The molecule has 3 heterocycles. The lowest BCUT2D eigenvalue weighted by Gasteiger charge is -2.30. The molecule has 0 aliphatic carbocycles. The average Bonchev–Trinajstić information content (AvgIpc) is 2.92. The molecule has 0 fully saturated rings. The average molecular weight is 343 g/mol. The Morgan fingerprint density at radius 1 is 1.16 bits per heavy atom. The Balaban J connectivity index is 1.71. The Morgan fingerprint density at radius 3 is 2.68 bits per heavy atom. The van der Waals surface area contributed by atoms with E-state index in [0.29, 0.717) is 11.8 Å². The third-order valence-corrected chi connectivity index (χ3v) is 5.17. The maximum absolute atomic E-state index is 6.10. The van der Waals surface area contributed by atoms with Crippen LogP contribution in [0.1, 0.15) is 5.56 Å². The topological polar surface area (TPSA) is 45.6 Å². The van der Waals surface area contributed by atoms with Gasteiger partial charge in [-0.2, -0.15) is 0 Å². The molecule has 1 aromatic carbocycles. The lowest BCUT2D eigenvalue weighted by molar-refractivity contribution is 0.189. The Kier molecular flexibility index (Phi) is 4.33. The smallest absolute Gasteiger partial charge is 0.203 e. The zero-order chi connectivity index (χ0) is 17.6. The summed E-state index contributed by atoms with van der Waals surface area (Å²) in [6.07, 6.45) is 1.06. The van der Waals surface area contributed by atoms with Crippen LogP contribution in [-0.2, 0) is 13.0 Å². The molecule has 2 atom stereocenters. The first-order chi connectivity index (χ1) is 12.0. The molecule has 0 radical (unpaired) electrons. The van der Waals surface area contributed by atoms with E-state index in [2.05, 4.69) is 60.0 Å². The molecule has 6 nitrogen and oxygen atoms in total. The van der Waals surface area contributed by atoms with E-state index in [4.69, 9.17) is 9.72 Å². The second-order valence-corrected chi connectivity index (χ2v) is 8.11. The number of rotatable bonds is 4. The maximum Gasteiger partial charge on any atom is 0.203 e. The molecule has 2 aromatic rings. The number of ether oxygens (including phenoxy) is 1. The summed E-state index contributed by atoms with van der Waals surface area (Å²) in [6.45, 7) is 4.95. The fourth-order valence-electron chi connectivity index (χ4n) is 4.31. The molecule has 1 aromatic heterocycles. The predicted octanol–water partition coefficient (Wildman–Crippen LogP) is 1.75. The van der Waals surface area contributed by atoms with Gasteiger partial charge in [0.25, 0.3) is 0 Å². The first-order valence-electron chi connectivity index (χ1n) is 9.19. The van der Waals surface area contributed by atoms with Gasteiger partial charge < -0.3 is 24.4 Å². The zero-order valence-corrected chi connectivity index (χ0v) is 15.7. The number of hydrogen-bond donors (Lipinski definition) is 1. The minimum atomic E-state index is 0.536. The zero-order valence-electron chi connectivity index (χ0n) is 15.7. The van der Waals surface area contributed by atoms with Gasteiger partial charge in [0.15, 0.2) is 0 Å². The Bertz CT molecular complexity index is 765. The van der Waals surface area contributed by atoms with E-state index in [1.54, 1.807) is 0 Å². The van der Waals surface area contributed by atoms with Crippen LogP contribution in [0.5, 0.6) is 5.75 Å². The highest BCUT2D eigenvalue weighted by Crippen LogP contribution is 2.36. The molecule has 0 saturated carbocycles. The van der Waals surface area contributed by atoms with Crippen molar-refractivity contribution in [2.75, 3.05) is 59.7 Å². The van der Waals surface area contributed by atoms with E-state index in [9.17, 15) is 0 Å². The normalized spacial score (nSPS) is 22.6. The van der Waals surface area contributed by atoms with Crippen molar-refractivity contribution in [3.05, 3.63) is 17.7 Å². The first-order valence-corrected chi connectivity index (χ1v) is 9.19. The summed E-state index contributed by atoms with van der Waals surface area (Å²) >= 11 is 0. The predicted molar refractivity (Wildman–Crippen MR) is 102 cm³/mol. The quantitative estimate of drug-likeness (QED) is 0.916. The van der Waals surface area contributed by atoms with E-state index in [0.717, 1.165) is 56.4 Å². The van der Waals surface area contributed by atoms with Crippen LogP contribution in [0.2, 0.25) is 0 Å². The summed E-state index contributed by atoms with van der Waals surface area (Å²) in [5.74, 6) is 3.18. The van der Waals surface area contributed by atoms with Crippen LogP contribution in [0.3, 0.4) is 0 Å². The maximum atomic E-state index is 6.10. The second kappa shape index (κ2) is 6.50. The molecular weight excluding hydrogens is 314 g/mol. The third-order valence-electron chi connectivity index (χ3n) is 5.17. The number of nitrogens with one attached hydrogen (secondary N) is 1. The van der Waals surface area contributed by atoms with E-state index in [1.165, 1.54) is 11.1 Å². The summed E-state index contributed by atoms with van der Waals surface area (Å²) in [5, 5.41) is 3.53. The number of benzene rings is 1. The Labute approximate surface area is 149 Å². The number of anilines is 1. The van der Waals surface area contributed by atoms with Crippen molar-refractivity contribution in [3.63, 3.8) is 0 Å². The standard InChI is InChI=1S/C19H29N5O/c1-22(2)9-13-7-15-17(25-12-13)6-5-16-18(15)24-11-14(10-23(3)4)8-20-19(24)21-16/h5-6,13-14H,7-12H2,1-4H3,(H,20,21). The summed E-state index contributed by atoms with van der Waals surface area (Å²) in [5.41, 5.74) is 3.69. The fourth-order valence-corrected chi connectivity index (χ4v) is 4.31. The molecule has 0 spiro atoms. The largest absolute Gasteiger partial charge is 0.493 e. The molecule has 2 aliphatic rings. The lowest BCUT2D eigenvalue weighted by atomic mass is 9.95. The number of aromatic nitrogens is 2. The fraction of sp³-hybridized carbons (Fsp3) is 0.632. The van der Waals surface area contributed by atoms with Gasteiger partial charge in [0.05, 0.1) is 17.6 Å². The Hall–Kier alpha value is -1.79. The molecule has 0 bridgehead atoms. The van der Waals surface area contributed by atoms with Gasteiger partial charge in [-0.15, -0.1) is 0 Å². The molecule has 0 amide bonds. The third kappa shape index (κ3) is 3.20. The van der Waals surface area contributed by atoms with Crippen LogP contribution in [0, 0.1) is 11.8 Å². The van der Waals surface area contributed by atoms with Crippen molar-refractivity contribution in [1.29, 1.82) is 0 Å². The minimum Gasteiger partial charge on any atom is -0.493 e. The van der Waals surface area contributed by atoms with Gasteiger partial charge in [0.1, 0.15) is 5.75 Å². The van der Waals surface area contributed by atoms with Gasteiger partial charge >= 0.3 is 0 Å². The van der Waals surface area contributed by atoms with E-state index in [1.807, 2.05) is 0 Å². The number of imidazole rings is 1. The van der Waals surface area contributed by atoms with E-state index >= 15 is 0 Å². The highest BCUT2D eigenvalue weighted by Gasteiger charge is 2.28. The Morgan fingerprint density at radius 2 is 1.92 bits per heavy atom. The van der Waals surface area contributed by atoms with Gasteiger partial charge in [0, 0.05) is 43.6 Å². The van der Waals surface area contributed by atoms with Crippen molar-refractivity contribution in [2.24, 2.45) is 11.8 Å². The molecular formula is C19H29N5O. The van der Waals surface area contributed by atoms with E-state index < -0.39 is 0 Å². The summed E-state index contributed by atoms with van der Waals surface area (Å²) in [4.78, 5) is 9.35. The van der Waals surface area contributed by atoms with Crippen molar-refractivity contribution >= 4 is 17.0 Å². The molecule has 6 heteroatoms. The van der Waals surface area contributed by atoms with Gasteiger partial charge in [-0.1, -0.05) is 0 Å². The minimum absolute atomic E-state index is 0.536. The highest BCUT2D eigenvalue weighted by molar-refractivity contribution is 5.85. The first kappa shape index (κ1) is 16.7. The van der Waals surface area contributed by atoms with Crippen molar-refractivity contribution < 1.29 is 4.74 Å². The molecule has 2 aliphatic heterocycles. The molecule has 136 valence electrons. The second-order valence-electron chi connectivity index (χ2n) is 8.11. The van der Waals surface area contributed by atoms with Crippen LogP contribution in [0.25, 0.3) is 11.0 Å². The van der Waals surface area contributed by atoms with Crippen LogP contribution in [0.4, 0.5) is 5.95 Å². The monoisotopic (exact) mass is 343 g/mol. The summed E-state index contributed by atoms with van der Waals surface area (Å²) in [7, 11) is 8.55. The number of nitrogens with zero attached hydrogens (tertiary/aromatic N) is 4. The molecule has 0 saturated heterocycles. The molecule has 4 rings (SSSR count). The number of hydrogen-bond acceptors (Lipinski definition) is 5. The van der Waals surface area contributed by atoms with Gasteiger partial charge in [-0.05, 0) is 46.7 Å². The molecule has 25 heavy (non-hydrogen) atoms. The van der Waals surface area contributed by atoms with Gasteiger partial charge in [0.2, 0.25) is 5.95 Å². The van der Waals surface area contributed by atoms with Crippen LogP contribution in [-0.4, -0.2) is 73.8 Å². The van der Waals surface area contributed by atoms with Crippen LogP contribution in [0.15, 0.2) is 12.1 Å². The van der Waals surface area contributed by atoms with Crippen molar-refractivity contribution in [1.82, 2.24) is 19.4 Å². The van der Waals surface area contributed by atoms with Crippen LogP contribution >= 0.6 is 0 Å². The van der Waals surface area contributed by atoms with E-state index in [-0.39, 0.29) is 0 Å². The highest BCUT2D eigenvalue weighted by atomic mass is 16.5. The van der Waals surface area contributed by atoms with Crippen molar-refractivity contribution in [3.8, 4) is 5.75 Å². The summed E-state index contributed by atoms with van der Waals surface area (Å²) in [6, 6.07) is 4.20. The SMILES string of the molecule is CN(C)CC1COc2ccc3nc4n(c3c2C1)CC(CN(C)C)CN4. The van der Waals surface area contributed by atoms with Gasteiger partial charge in [-0.25, -0.2) is 4.98 Å². The molecule has 1 N–H and O–H groups in total. The lowest BCUT2D eigenvalue weighted by Crippen LogP contribution is -2.35. The number of fused-ring (bicyclic) bond motifs is 5. The summed E-state index contributed by atoms with van der Waals surface area (Å²) < 4.78 is 8.48. The van der Waals surface area contributed by atoms with Crippen LogP contribution < -0.4 is 10.1 Å². The van der Waals surface area contributed by atoms with Gasteiger partial charge in [-0.3, -0.25) is 0 Å². The molecule has 2 unspecified atom stereocenters. The van der Waals surface area contributed by atoms with Crippen molar-refractivity contribution in [2.45, 2.75) is 13.0 Å².